The summed E-state index contributed by atoms with van der Waals surface area (Å²) >= 11 is 6.17. The first-order valence-corrected chi connectivity index (χ1v) is 8.26. The first-order valence-electron chi connectivity index (χ1n) is 7.88. The van der Waals surface area contributed by atoms with Gasteiger partial charge in [-0.25, -0.2) is 9.50 Å². The van der Waals surface area contributed by atoms with Crippen LogP contribution in [0.15, 0.2) is 30.3 Å². The number of halogens is 1. The van der Waals surface area contributed by atoms with Crippen molar-refractivity contribution in [3.8, 4) is 11.5 Å². The fraction of sp³-hybridized carbons (Fsp3) is 0.176. The zero-order chi connectivity index (χ0) is 17.0. The number of rotatable bonds is 2. The molecule has 7 nitrogen and oxygen atoms in total. The Balaban J connectivity index is 1.56. The lowest BCUT2D eigenvalue weighted by Crippen LogP contribution is -2.15. The van der Waals surface area contributed by atoms with Gasteiger partial charge in [-0.05, 0) is 24.6 Å². The normalized spacial score (nSPS) is 13.5. The molecule has 2 aromatic carbocycles. The minimum Gasteiger partial charge on any atom is -0.486 e. The Labute approximate surface area is 147 Å². The average Bonchev–Trinajstić information content (AvgIpc) is 3.13. The van der Waals surface area contributed by atoms with E-state index in [4.69, 9.17) is 21.1 Å². The van der Waals surface area contributed by atoms with Crippen LogP contribution in [-0.4, -0.2) is 32.8 Å². The fourth-order valence-electron chi connectivity index (χ4n) is 2.88. The molecule has 0 radical (unpaired) electrons. The van der Waals surface area contributed by atoms with Crippen LogP contribution in [0.3, 0.4) is 0 Å². The van der Waals surface area contributed by atoms with E-state index < -0.39 is 0 Å². The van der Waals surface area contributed by atoms with Gasteiger partial charge in [0.05, 0.1) is 11.0 Å². The molecule has 0 atom stereocenters. The molecule has 5 rings (SSSR count). The highest BCUT2D eigenvalue weighted by Crippen LogP contribution is 2.34. The molecule has 1 aliphatic rings. The summed E-state index contributed by atoms with van der Waals surface area (Å²) < 4.78 is 13.1. The van der Waals surface area contributed by atoms with Crippen LogP contribution in [0.5, 0.6) is 11.5 Å². The maximum Gasteiger partial charge on any atom is 0.253 e. The van der Waals surface area contributed by atoms with E-state index in [1.54, 1.807) is 0 Å². The van der Waals surface area contributed by atoms with Gasteiger partial charge < -0.3 is 14.8 Å². The van der Waals surface area contributed by atoms with Crippen LogP contribution in [0.25, 0.3) is 16.8 Å². The average molecular weight is 356 g/mol. The molecule has 2 aromatic heterocycles. The number of fused-ring (bicyclic) bond motifs is 4. The Morgan fingerprint density at radius 1 is 1.12 bits per heavy atom. The predicted octanol–water partition coefficient (Wildman–Crippen LogP) is 3.69. The first kappa shape index (κ1) is 14.4. The number of anilines is 2. The minimum atomic E-state index is 0.546. The number of benzene rings is 2. The molecule has 0 saturated heterocycles. The second kappa shape index (κ2) is 5.29. The zero-order valence-corrected chi connectivity index (χ0v) is 14.1. The highest BCUT2D eigenvalue weighted by molar-refractivity contribution is 6.31. The molecule has 0 aliphatic carbocycles. The van der Waals surface area contributed by atoms with Gasteiger partial charge in [-0.15, -0.1) is 0 Å². The van der Waals surface area contributed by atoms with Gasteiger partial charge in [0.2, 0.25) is 5.95 Å². The molecule has 0 bridgehead atoms. The van der Waals surface area contributed by atoms with Gasteiger partial charge in [0, 0.05) is 22.8 Å². The molecular formula is C17H14ClN5O2. The quantitative estimate of drug-likeness (QED) is 0.573. The molecule has 0 amide bonds. The number of aryl methyl sites for hydroxylation is 1. The monoisotopic (exact) mass is 355 g/mol. The summed E-state index contributed by atoms with van der Waals surface area (Å²) in [5, 5.41) is 7.11. The highest BCUT2D eigenvalue weighted by atomic mass is 35.5. The number of hydrogen-bond donors (Lipinski definition) is 2. The molecule has 0 saturated carbocycles. The third kappa shape index (κ3) is 2.35. The molecule has 126 valence electrons. The smallest absolute Gasteiger partial charge is 0.253 e. The lowest BCUT2D eigenvalue weighted by Gasteiger charge is -2.17. The Morgan fingerprint density at radius 3 is 2.72 bits per heavy atom. The Bertz CT molecular complexity index is 1120. The van der Waals surface area contributed by atoms with Crippen LogP contribution >= 0.6 is 11.6 Å². The second-order valence-corrected chi connectivity index (χ2v) is 6.30. The van der Waals surface area contributed by atoms with Gasteiger partial charge in [-0.1, -0.05) is 17.7 Å². The standard InChI is InChI=1S/C17H14ClN5O2/c1-9-2-3-10(6-11(9)18)19-16-21-17-20-12-7-14-15(25-5-4-24-14)8-13(12)23(17)22-16/h2-3,6-8H,4-5H2,1H3,(H2,19,20,21,22). The number of imidazole rings is 1. The van der Waals surface area contributed by atoms with Crippen molar-refractivity contribution in [1.29, 1.82) is 0 Å². The van der Waals surface area contributed by atoms with E-state index >= 15 is 0 Å². The van der Waals surface area contributed by atoms with Crippen molar-refractivity contribution in [3.63, 3.8) is 0 Å². The summed E-state index contributed by atoms with van der Waals surface area (Å²) in [5.41, 5.74) is 3.56. The minimum absolute atomic E-state index is 0.546. The summed E-state index contributed by atoms with van der Waals surface area (Å²) in [6.45, 7) is 3.06. The maximum absolute atomic E-state index is 6.17. The second-order valence-electron chi connectivity index (χ2n) is 5.89. The fourth-order valence-corrected chi connectivity index (χ4v) is 3.06. The van der Waals surface area contributed by atoms with E-state index in [1.807, 2.05) is 41.8 Å². The van der Waals surface area contributed by atoms with Crippen molar-refractivity contribution >= 4 is 40.0 Å². The summed E-state index contributed by atoms with van der Waals surface area (Å²) in [5.74, 6) is 2.58. The third-order valence-electron chi connectivity index (χ3n) is 4.16. The number of nitrogens with zero attached hydrogens (tertiary/aromatic N) is 3. The summed E-state index contributed by atoms with van der Waals surface area (Å²) in [6.07, 6.45) is 0. The first-order chi connectivity index (χ1) is 12.2. The van der Waals surface area contributed by atoms with Crippen molar-refractivity contribution in [2.75, 3.05) is 18.5 Å². The number of hydrogen-bond acceptors (Lipinski definition) is 5. The SMILES string of the molecule is Cc1ccc(Nc2nc3nc4cc5c(cc4n3[nH]2)OCCO5)cc1Cl. The number of aromatic amines is 1. The molecule has 4 aromatic rings. The van der Waals surface area contributed by atoms with E-state index in [0.29, 0.717) is 35.7 Å². The van der Waals surface area contributed by atoms with Crippen molar-refractivity contribution < 1.29 is 9.47 Å². The van der Waals surface area contributed by atoms with E-state index in [-0.39, 0.29) is 0 Å². The Kier molecular flexibility index (Phi) is 3.05. The van der Waals surface area contributed by atoms with Gasteiger partial charge in [0.15, 0.2) is 11.5 Å². The molecule has 0 fully saturated rings. The van der Waals surface area contributed by atoms with Crippen LogP contribution in [-0.2, 0) is 0 Å². The van der Waals surface area contributed by atoms with Gasteiger partial charge in [0.25, 0.3) is 5.78 Å². The van der Waals surface area contributed by atoms with Crippen molar-refractivity contribution in [1.82, 2.24) is 19.6 Å². The van der Waals surface area contributed by atoms with Gasteiger partial charge >= 0.3 is 0 Å². The number of aromatic nitrogens is 4. The van der Waals surface area contributed by atoms with Gasteiger partial charge in [0.1, 0.15) is 13.2 Å². The molecule has 2 N–H and O–H groups in total. The number of ether oxygens (including phenoxy) is 2. The maximum atomic E-state index is 6.17. The zero-order valence-electron chi connectivity index (χ0n) is 13.3. The topological polar surface area (TPSA) is 76.5 Å². The van der Waals surface area contributed by atoms with Crippen LogP contribution in [0.4, 0.5) is 11.6 Å². The highest BCUT2D eigenvalue weighted by Gasteiger charge is 2.17. The largest absolute Gasteiger partial charge is 0.486 e. The molecule has 1 aliphatic heterocycles. The third-order valence-corrected chi connectivity index (χ3v) is 4.57. The molecule has 0 spiro atoms. The van der Waals surface area contributed by atoms with Crippen molar-refractivity contribution in [2.24, 2.45) is 0 Å². The van der Waals surface area contributed by atoms with Crippen LogP contribution in [0.2, 0.25) is 5.02 Å². The van der Waals surface area contributed by atoms with E-state index in [0.717, 1.165) is 28.0 Å². The van der Waals surface area contributed by atoms with Gasteiger partial charge in [-0.2, -0.15) is 4.98 Å². The Morgan fingerprint density at radius 2 is 1.92 bits per heavy atom. The molecule has 3 heterocycles. The van der Waals surface area contributed by atoms with Crippen LogP contribution in [0.1, 0.15) is 5.56 Å². The van der Waals surface area contributed by atoms with E-state index in [1.165, 1.54) is 0 Å². The summed E-state index contributed by atoms with van der Waals surface area (Å²) in [4.78, 5) is 9.02. The van der Waals surface area contributed by atoms with Crippen LogP contribution < -0.4 is 14.8 Å². The molecule has 0 unspecified atom stereocenters. The molecule has 8 heteroatoms. The van der Waals surface area contributed by atoms with E-state index in [9.17, 15) is 0 Å². The summed E-state index contributed by atoms with van der Waals surface area (Å²) in [7, 11) is 0. The Hall–Kier alpha value is -2.93. The number of nitrogens with one attached hydrogen (secondary N) is 2. The lowest BCUT2D eigenvalue weighted by molar-refractivity contribution is 0.172. The summed E-state index contributed by atoms with van der Waals surface area (Å²) in [6, 6.07) is 9.56. The lowest BCUT2D eigenvalue weighted by atomic mass is 10.2. The van der Waals surface area contributed by atoms with Crippen molar-refractivity contribution in [2.45, 2.75) is 6.92 Å². The van der Waals surface area contributed by atoms with Crippen LogP contribution in [0, 0.1) is 6.92 Å². The number of H-pyrrole nitrogens is 1. The van der Waals surface area contributed by atoms with Crippen molar-refractivity contribution in [3.05, 3.63) is 40.9 Å². The van der Waals surface area contributed by atoms with E-state index in [2.05, 4.69) is 20.4 Å². The van der Waals surface area contributed by atoms with Gasteiger partial charge in [-0.3, -0.25) is 5.10 Å². The molecular weight excluding hydrogens is 342 g/mol. The predicted molar refractivity (Wildman–Crippen MR) is 95.3 cm³/mol. The molecule has 25 heavy (non-hydrogen) atoms.